The number of hydrogen-bond donors (Lipinski definition) is 1. The van der Waals surface area contributed by atoms with Crippen molar-refractivity contribution in [2.24, 2.45) is 5.73 Å². The van der Waals surface area contributed by atoms with E-state index in [1.807, 2.05) is 6.92 Å². The number of hydrogen-bond acceptors (Lipinski definition) is 3. The molecule has 18 heavy (non-hydrogen) atoms. The van der Waals surface area contributed by atoms with Gasteiger partial charge in [0.25, 0.3) is 0 Å². The largest absolute Gasteiger partial charge is 0.401 e. The quantitative estimate of drug-likeness (QED) is 0.822. The monoisotopic (exact) mass is 267 g/mol. The highest BCUT2D eigenvalue weighted by atomic mass is 19.4. The van der Waals surface area contributed by atoms with Gasteiger partial charge in [-0.2, -0.15) is 13.2 Å². The fourth-order valence-electron chi connectivity index (χ4n) is 2.52. The highest BCUT2D eigenvalue weighted by Gasteiger charge is 2.32. The lowest BCUT2D eigenvalue weighted by Crippen LogP contribution is -2.55. The van der Waals surface area contributed by atoms with E-state index in [2.05, 4.69) is 11.8 Å². The zero-order chi connectivity index (χ0) is 13.8. The van der Waals surface area contributed by atoms with Crippen LogP contribution >= 0.6 is 0 Å². The molecule has 0 amide bonds. The maximum Gasteiger partial charge on any atom is 0.401 e. The Hall–Kier alpha value is -0.330. The summed E-state index contributed by atoms with van der Waals surface area (Å²) in [6.45, 7) is 6.37. The van der Waals surface area contributed by atoms with Gasteiger partial charge < -0.3 is 5.73 Å². The van der Waals surface area contributed by atoms with E-state index in [0.717, 1.165) is 19.4 Å². The first kappa shape index (κ1) is 15.7. The summed E-state index contributed by atoms with van der Waals surface area (Å²) in [6, 6.07) is 0. The van der Waals surface area contributed by atoms with Gasteiger partial charge in [0.05, 0.1) is 6.54 Å². The first-order chi connectivity index (χ1) is 8.22. The van der Waals surface area contributed by atoms with Crippen LogP contribution in [0.25, 0.3) is 0 Å². The van der Waals surface area contributed by atoms with Crippen molar-refractivity contribution in [1.29, 1.82) is 0 Å². The van der Waals surface area contributed by atoms with Crippen LogP contribution in [0.15, 0.2) is 0 Å². The van der Waals surface area contributed by atoms with Gasteiger partial charge in [-0.25, -0.2) is 0 Å². The van der Waals surface area contributed by atoms with Gasteiger partial charge in [0.2, 0.25) is 0 Å². The molecule has 0 radical (unpaired) electrons. The van der Waals surface area contributed by atoms with Gasteiger partial charge in [-0.05, 0) is 13.3 Å². The molecule has 1 heterocycles. The molecule has 6 heteroatoms. The number of nitrogens with zero attached hydrogens (tertiary/aromatic N) is 2. The van der Waals surface area contributed by atoms with Crippen molar-refractivity contribution in [3.8, 4) is 0 Å². The van der Waals surface area contributed by atoms with Crippen LogP contribution in [0.3, 0.4) is 0 Å². The van der Waals surface area contributed by atoms with Crippen LogP contribution in [0, 0.1) is 0 Å². The summed E-state index contributed by atoms with van der Waals surface area (Å²) in [6.07, 6.45) is -2.12. The summed E-state index contributed by atoms with van der Waals surface area (Å²) >= 11 is 0. The lowest BCUT2D eigenvalue weighted by molar-refractivity contribution is -0.149. The molecule has 0 aromatic rings. The Kier molecular flexibility index (Phi) is 5.43. The molecule has 108 valence electrons. The number of rotatable bonds is 5. The normalized spacial score (nSPS) is 23.0. The molecule has 0 saturated carbocycles. The number of halogens is 3. The molecule has 1 fully saturated rings. The second kappa shape index (κ2) is 6.21. The first-order valence-corrected chi connectivity index (χ1v) is 6.52. The topological polar surface area (TPSA) is 32.5 Å². The van der Waals surface area contributed by atoms with Crippen LogP contribution in [0.2, 0.25) is 0 Å². The zero-order valence-corrected chi connectivity index (χ0v) is 11.3. The summed E-state index contributed by atoms with van der Waals surface area (Å²) in [5.74, 6) is 0. The smallest absolute Gasteiger partial charge is 0.324 e. The van der Waals surface area contributed by atoms with Gasteiger partial charge in [-0.1, -0.05) is 13.3 Å². The van der Waals surface area contributed by atoms with E-state index in [-0.39, 0.29) is 5.54 Å². The molecule has 1 saturated heterocycles. The second-order valence-corrected chi connectivity index (χ2v) is 5.57. The van der Waals surface area contributed by atoms with Crippen molar-refractivity contribution in [1.82, 2.24) is 9.80 Å². The van der Waals surface area contributed by atoms with Crippen LogP contribution in [-0.2, 0) is 0 Å². The number of piperazine rings is 1. The second-order valence-electron chi connectivity index (χ2n) is 5.57. The van der Waals surface area contributed by atoms with E-state index in [0.29, 0.717) is 26.2 Å². The zero-order valence-electron chi connectivity index (χ0n) is 11.3. The maximum atomic E-state index is 12.2. The third kappa shape index (κ3) is 6.02. The Morgan fingerprint density at radius 2 is 1.44 bits per heavy atom. The van der Waals surface area contributed by atoms with E-state index in [1.165, 1.54) is 4.90 Å². The lowest BCUT2D eigenvalue weighted by atomic mass is 9.96. The van der Waals surface area contributed by atoms with Crippen molar-refractivity contribution in [2.45, 2.75) is 38.4 Å². The molecule has 0 aromatic carbocycles. The van der Waals surface area contributed by atoms with Crippen molar-refractivity contribution >= 4 is 0 Å². The van der Waals surface area contributed by atoms with E-state index < -0.39 is 12.7 Å². The lowest BCUT2D eigenvalue weighted by Gasteiger charge is -2.39. The van der Waals surface area contributed by atoms with Crippen LogP contribution < -0.4 is 5.73 Å². The highest BCUT2D eigenvalue weighted by Crippen LogP contribution is 2.18. The Bertz CT molecular complexity index is 245. The third-order valence-corrected chi connectivity index (χ3v) is 3.27. The Morgan fingerprint density at radius 1 is 1.00 bits per heavy atom. The van der Waals surface area contributed by atoms with Crippen molar-refractivity contribution in [3.05, 3.63) is 0 Å². The molecule has 0 spiro atoms. The maximum absolute atomic E-state index is 12.2. The minimum Gasteiger partial charge on any atom is -0.324 e. The Labute approximate surface area is 107 Å². The standard InChI is InChI=1S/C12H24F3N3/c1-3-4-11(2,16)9-17-5-7-18(8-6-17)10-12(13,14)15/h3-10,16H2,1-2H3. The van der Waals surface area contributed by atoms with Crippen LogP contribution in [0.1, 0.15) is 26.7 Å². The number of nitrogens with two attached hydrogens (primary N) is 1. The van der Waals surface area contributed by atoms with E-state index in [9.17, 15) is 13.2 Å². The average molecular weight is 267 g/mol. The summed E-state index contributed by atoms with van der Waals surface area (Å²) in [5, 5.41) is 0. The molecule has 0 aliphatic carbocycles. The van der Waals surface area contributed by atoms with Crippen molar-refractivity contribution < 1.29 is 13.2 Å². The molecule has 2 N–H and O–H groups in total. The SMILES string of the molecule is CCCC(C)(N)CN1CCN(CC(F)(F)F)CC1. The van der Waals surface area contributed by atoms with Crippen molar-refractivity contribution in [3.63, 3.8) is 0 Å². The highest BCUT2D eigenvalue weighted by molar-refractivity contribution is 4.85. The predicted octanol–water partition coefficient (Wildman–Crippen LogP) is 1.68. The molecule has 1 rings (SSSR count). The van der Waals surface area contributed by atoms with Gasteiger partial charge in [-0.3, -0.25) is 9.80 Å². The Morgan fingerprint density at radius 3 is 1.83 bits per heavy atom. The molecule has 3 nitrogen and oxygen atoms in total. The van der Waals surface area contributed by atoms with E-state index in [4.69, 9.17) is 5.73 Å². The average Bonchev–Trinajstić information content (AvgIpc) is 2.18. The molecule has 1 aliphatic rings. The summed E-state index contributed by atoms with van der Waals surface area (Å²) < 4.78 is 36.7. The van der Waals surface area contributed by atoms with E-state index in [1.54, 1.807) is 0 Å². The number of alkyl halides is 3. The first-order valence-electron chi connectivity index (χ1n) is 6.52. The molecule has 1 unspecified atom stereocenters. The van der Waals surface area contributed by atoms with Crippen LogP contribution in [0.5, 0.6) is 0 Å². The van der Waals surface area contributed by atoms with Crippen molar-refractivity contribution in [2.75, 3.05) is 39.3 Å². The minimum atomic E-state index is -4.09. The third-order valence-electron chi connectivity index (χ3n) is 3.27. The summed E-state index contributed by atoms with van der Waals surface area (Å²) in [4.78, 5) is 3.63. The van der Waals surface area contributed by atoms with Gasteiger partial charge in [0, 0.05) is 38.3 Å². The molecule has 1 atom stereocenters. The predicted molar refractivity (Wildman–Crippen MR) is 66.4 cm³/mol. The molecule has 0 bridgehead atoms. The van der Waals surface area contributed by atoms with Gasteiger partial charge >= 0.3 is 6.18 Å². The Balaban J connectivity index is 2.31. The van der Waals surface area contributed by atoms with Crippen LogP contribution in [0.4, 0.5) is 13.2 Å². The summed E-state index contributed by atoms with van der Waals surface area (Å²) in [7, 11) is 0. The molecular weight excluding hydrogens is 243 g/mol. The molecular formula is C12H24F3N3. The van der Waals surface area contributed by atoms with Gasteiger partial charge in [0.15, 0.2) is 0 Å². The molecule has 0 aromatic heterocycles. The molecule has 1 aliphatic heterocycles. The van der Waals surface area contributed by atoms with Crippen LogP contribution in [-0.4, -0.2) is 60.8 Å². The summed E-state index contributed by atoms with van der Waals surface area (Å²) in [5.41, 5.74) is 5.92. The fourth-order valence-corrected chi connectivity index (χ4v) is 2.52. The van der Waals surface area contributed by atoms with Gasteiger partial charge in [-0.15, -0.1) is 0 Å². The van der Waals surface area contributed by atoms with E-state index >= 15 is 0 Å². The fraction of sp³-hybridized carbons (Fsp3) is 1.00. The van der Waals surface area contributed by atoms with Gasteiger partial charge in [0.1, 0.15) is 0 Å². The minimum absolute atomic E-state index is 0.235.